The van der Waals surface area contributed by atoms with Gasteiger partial charge in [-0.25, -0.2) is 8.78 Å². The van der Waals surface area contributed by atoms with Gasteiger partial charge in [0.05, 0.1) is 5.69 Å². The molecule has 0 saturated heterocycles. The van der Waals surface area contributed by atoms with E-state index in [4.69, 9.17) is 0 Å². The lowest BCUT2D eigenvalue weighted by molar-refractivity contribution is -0.117. The first-order valence-corrected chi connectivity index (χ1v) is 4.10. The van der Waals surface area contributed by atoms with Gasteiger partial charge in [-0.15, -0.1) is 0 Å². The van der Waals surface area contributed by atoms with Crippen LogP contribution >= 0.6 is 0 Å². The molecule has 1 unspecified atom stereocenters. The molecular formula is C9H8F2N2O. The fourth-order valence-corrected chi connectivity index (χ4v) is 1.59. The van der Waals surface area contributed by atoms with Gasteiger partial charge in [0, 0.05) is 11.6 Å². The zero-order chi connectivity index (χ0) is 10.3. The van der Waals surface area contributed by atoms with Gasteiger partial charge < -0.3 is 10.6 Å². The number of benzene rings is 1. The maximum absolute atomic E-state index is 13.3. The summed E-state index contributed by atoms with van der Waals surface area (Å²) in [4.78, 5) is 11.3. The first kappa shape index (κ1) is 9.08. The van der Waals surface area contributed by atoms with Crippen molar-refractivity contribution in [2.24, 2.45) is 0 Å². The fourth-order valence-electron chi connectivity index (χ4n) is 1.59. The summed E-state index contributed by atoms with van der Waals surface area (Å²) in [6.45, 7) is 0. The highest BCUT2D eigenvalue weighted by molar-refractivity contribution is 6.02. The molecule has 74 valence electrons. The van der Waals surface area contributed by atoms with Crippen LogP contribution in [0.5, 0.6) is 0 Å². The van der Waals surface area contributed by atoms with Gasteiger partial charge in [-0.05, 0) is 13.1 Å². The van der Waals surface area contributed by atoms with Gasteiger partial charge in [0.25, 0.3) is 0 Å². The van der Waals surface area contributed by atoms with Gasteiger partial charge in [-0.1, -0.05) is 0 Å². The molecule has 0 spiro atoms. The molecule has 0 aromatic heterocycles. The van der Waals surface area contributed by atoms with Crippen LogP contribution in [0, 0.1) is 11.6 Å². The van der Waals surface area contributed by atoms with Crippen LogP contribution in [0.4, 0.5) is 14.5 Å². The van der Waals surface area contributed by atoms with Gasteiger partial charge in [0.1, 0.15) is 17.7 Å². The predicted octanol–water partition coefficient (Wildman–Crippen LogP) is 1.18. The molecule has 1 aromatic rings. The molecule has 1 aromatic carbocycles. The van der Waals surface area contributed by atoms with E-state index in [1.807, 2.05) is 0 Å². The van der Waals surface area contributed by atoms with Crippen molar-refractivity contribution >= 4 is 11.6 Å². The number of nitrogens with one attached hydrogen (secondary N) is 2. The summed E-state index contributed by atoms with van der Waals surface area (Å²) < 4.78 is 26.1. The third-order valence-corrected chi connectivity index (χ3v) is 2.19. The molecule has 14 heavy (non-hydrogen) atoms. The monoisotopic (exact) mass is 198 g/mol. The van der Waals surface area contributed by atoms with Crippen molar-refractivity contribution in [1.29, 1.82) is 0 Å². The number of hydrogen-bond acceptors (Lipinski definition) is 2. The summed E-state index contributed by atoms with van der Waals surface area (Å²) in [7, 11) is 1.54. The first-order chi connectivity index (χ1) is 6.63. The van der Waals surface area contributed by atoms with E-state index in [1.54, 1.807) is 7.05 Å². The van der Waals surface area contributed by atoms with Crippen LogP contribution in [-0.4, -0.2) is 13.0 Å². The smallest absolute Gasteiger partial charge is 0.246 e. The number of rotatable bonds is 1. The predicted molar refractivity (Wildman–Crippen MR) is 46.8 cm³/mol. The Kier molecular flexibility index (Phi) is 1.96. The van der Waals surface area contributed by atoms with Crippen LogP contribution in [0.2, 0.25) is 0 Å². The molecule has 5 heteroatoms. The Morgan fingerprint density at radius 1 is 1.43 bits per heavy atom. The second-order valence-electron chi connectivity index (χ2n) is 3.06. The summed E-state index contributed by atoms with van der Waals surface area (Å²) in [6, 6.07) is 1.14. The molecule has 2 rings (SSSR count). The van der Waals surface area contributed by atoms with Gasteiger partial charge in [0.2, 0.25) is 5.91 Å². The number of fused-ring (bicyclic) bond motifs is 1. The molecular weight excluding hydrogens is 190 g/mol. The van der Waals surface area contributed by atoms with Crippen molar-refractivity contribution in [2.75, 3.05) is 12.4 Å². The van der Waals surface area contributed by atoms with E-state index in [0.717, 1.165) is 12.1 Å². The standard InChI is InChI=1S/C9H8F2N2O/c1-12-8-7-5(11)2-4(10)3-6(7)13-9(8)14/h2-3,8,12H,1H3,(H,13,14). The van der Waals surface area contributed by atoms with Crippen LogP contribution < -0.4 is 10.6 Å². The summed E-state index contributed by atoms with van der Waals surface area (Å²) >= 11 is 0. The van der Waals surface area contributed by atoms with E-state index in [-0.39, 0.29) is 17.2 Å². The third-order valence-electron chi connectivity index (χ3n) is 2.19. The van der Waals surface area contributed by atoms with Crippen molar-refractivity contribution in [3.8, 4) is 0 Å². The number of carbonyl (C=O) groups is 1. The molecule has 0 bridgehead atoms. The molecule has 1 heterocycles. The number of amides is 1. The Labute approximate surface area is 79.1 Å². The van der Waals surface area contributed by atoms with Crippen LogP contribution in [0.15, 0.2) is 12.1 Å². The van der Waals surface area contributed by atoms with E-state index >= 15 is 0 Å². The minimum Gasteiger partial charge on any atom is -0.324 e. The molecule has 0 radical (unpaired) electrons. The third kappa shape index (κ3) is 1.17. The van der Waals surface area contributed by atoms with Crippen molar-refractivity contribution in [1.82, 2.24) is 5.32 Å². The summed E-state index contributed by atoms with van der Waals surface area (Å²) in [5.41, 5.74) is 0.380. The van der Waals surface area contributed by atoms with Gasteiger partial charge in [0.15, 0.2) is 0 Å². The Hall–Kier alpha value is -1.49. The van der Waals surface area contributed by atoms with Gasteiger partial charge in [-0.2, -0.15) is 0 Å². The highest BCUT2D eigenvalue weighted by atomic mass is 19.1. The molecule has 0 saturated carbocycles. The lowest BCUT2D eigenvalue weighted by Gasteiger charge is -2.07. The van der Waals surface area contributed by atoms with E-state index in [1.165, 1.54) is 0 Å². The second kappa shape index (κ2) is 3.02. The van der Waals surface area contributed by atoms with Crippen LogP contribution in [0.25, 0.3) is 0 Å². The molecule has 2 N–H and O–H groups in total. The zero-order valence-electron chi connectivity index (χ0n) is 7.40. The minimum atomic E-state index is -0.731. The average Bonchev–Trinajstić information content (AvgIpc) is 2.40. The molecule has 0 aliphatic carbocycles. The number of likely N-dealkylation sites (N-methyl/N-ethyl adjacent to an activating group) is 1. The minimum absolute atomic E-state index is 0.180. The van der Waals surface area contributed by atoms with E-state index in [2.05, 4.69) is 10.6 Å². The van der Waals surface area contributed by atoms with E-state index in [9.17, 15) is 13.6 Å². The van der Waals surface area contributed by atoms with Gasteiger partial charge in [-0.3, -0.25) is 4.79 Å². The van der Waals surface area contributed by atoms with Crippen molar-refractivity contribution in [2.45, 2.75) is 6.04 Å². The summed E-state index contributed by atoms with van der Waals surface area (Å²) in [5.74, 6) is -1.77. The van der Waals surface area contributed by atoms with E-state index in [0.29, 0.717) is 0 Å². The fraction of sp³-hybridized carbons (Fsp3) is 0.222. The molecule has 1 atom stereocenters. The highest BCUT2D eigenvalue weighted by Gasteiger charge is 2.32. The lowest BCUT2D eigenvalue weighted by atomic mass is 10.1. The van der Waals surface area contributed by atoms with Crippen LogP contribution in [0.1, 0.15) is 11.6 Å². The first-order valence-electron chi connectivity index (χ1n) is 4.10. The topological polar surface area (TPSA) is 41.1 Å². The largest absolute Gasteiger partial charge is 0.324 e. The molecule has 3 nitrogen and oxygen atoms in total. The summed E-state index contributed by atoms with van der Waals surface area (Å²) in [5, 5.41) is 5.05. The number of anilines is 1. The summed E-state index contributed by atoms with van der Waals surface area (Å²) in [6.07, 6.45) is 0. The maximum Gasteiger partial charge on any atom is 0.246 e. The second-order valence-corrected chi connectivity index (χ2v) is 3.06. The van der Waals surface area contributed by atoms with Crippen molar-refractivity contribution < 1.29 is 13.6 Å². The normalized spacial score (nSPS) is 19.4. The number of halogens is 2. The van der Waals surface area contributed by atoms with E-state index < -0.39 is 17.7 Å². The Morgan fingerprint density at radius 2 is 2.14 bits per heavy atom. The Morgan fingerprint density at radius 3 is 2.79 bits per heavy atom. The van der Waals surface area contributed by atoms with Crippen LogP contribution in [0.3, 0.4) is 0 Å². The Bertz CT molecular complexity index is 406. The number of carbonyl (C=O) groups excluding carboxylic acids is 1. The lowest BCUT2D eigenvalue weighted by Crippen LogP contribution is -2.24. The molecule has 1 aliphatic heterocycles. The number of hydrogen-bond donors (Lipinski definition) is 2. The zero-order valence-corrected chi connectivity index (χ0v) is 7.40. The molecule has 0 fully saturated rings. The Balaban J connectivity index is 2.58. The molecule has 1 amide bonds. The van der Waals surface area contributed by atoms with Crippen LogP contribution in [-0.2, 0) is 4.79 Å². The SMILES string of the molecule is CNC1C(=O)Nc2cc(F)cc(F)c21. The molecule has 1 aliphatic rings. The maximum atomic E-state index is 13.3. The average molecular weight is 198 g/mol. The van der Waals surface area contributed by atoms with Crippen molar-refractivity contribution in [3.63, 3.8) is 0 Å². The quantitative estimate of drug-likeness (QED) is 0.711. The van der Waals surface area contributed by atoms with Crippen molar-refractivity contribution in [3.05, 3.63) is 29.3 Å². The highest BCUT2D eigenvalue weighted by Crippen LogP contribution is 2.33. The van der Waals surface area contributed by atoms with Gasteiger partial charge >= 0.3 is 0 Å².